The molecule has 100 valence electrons. The van der Waals surface area contributed by atoms with Crippen molar-refractivity contribution in [3.8, 4) is 0 Å². The number of furan rings is 1. The summed E-state index contributed by atoms with van der Waals surface area (Å²) < 4.78 is 4.88. The SMILES string of the molecule is O=C(NC[C@@H](O)c1ccoc1)NC1CCCCC1. The Morgan fingerprint density at radius 1 is 1.44 bits per heavy atom. The molecule has 1 aliphatic carbocycles. The minimum Gasteiger partial charge on any atom is -0.472 e. The van der Waals surface area contributed by atoms with Crippen molar-refractivity contribution in [3.05, 3.63) is 24.2 Å². The van der Waals surface area contributed by atoms with Gasteiger partial charge in [0.1, 0.15) is 0 Å². The first-order chi connectivity index (χ1) is 8.75. The summed E-state index contributed by atoms with van der Waals surface area (Å²) in [6, 6.07) is 1.76. The van der Waals surface area contributed by atoms with Crippen LogP contribution in [0.15, 0.2) is 23.0 Å². The molecule has 0 saturated heterocycles. The zero-order valence-electron chi connectivity index (χ0n) is 10.4. The lowest BCUT2D eigenvalue weighted by atomic mass is 9.96. The van der Waals surface area contributed by atoms with E-state index >= 15 is 0 Å². The van der Waals surface area contributed by atoms with Crippen LogP contribution >= 0.6 is 0 Å². The summed E-state index contributed by atoms with van der Waals surface area (Å²) in [5.74, 6) is 0. The Balaban J connectivity index is 1.68. The van der Waals surface area contributed by atoms with Crippen molar-refractivity contribution in [1.82, 2.24) is 10.6 Å². The molecule has 2 rings (SSSR count). The van der Waals surface area contributed by atoms with E-state index in [9.17, 15) is 9.90 Å². The molecule has 0 spiro atoms. The Labute approximate surface area is 107 Å². The van der Waals surface area contributed by atoms with Crippen molar-refractivity contribution >= 4 is 6.03 Å². The lowest BCUT2D eigenvalue weighted by molar-refractivity contribution is 0.171. The fourth-order valence-electron chi connectivity index (χ4n) is 2.26. The van der Waals surface area contributed by atoms with Crippen LogP contribution in [0.2, 0.25) is 0 Å². The number of nitrogens with one attached hydrogen (secondary N) is 2. The van der Waals surface area contributed by atoms with E-state index in [1.165, 1.54) is 31.8 Å². The van der Waals surface area contributed by atoms with Crippen molar-refractivity contribution < 1.29 is 14.3 Å². The van der Waals surface area contributed by atoms with Gasteiger partial charge in [0.25, 0.3) is 0 Å². The van der Waals surface area contributed by atoms with Crippen LogP contribution in [0, 0.1) is 0 Å². The molecule has 5 nitrogen and oxygen atoms in total. The molecule has 5 heteroatoms. The van der Waals surface area contributed by atoms with Crippen LogP contribution in [0.4, 0.5) is 4.79 Å². The average molecular weight is 252 g/mol. The largest absolute Gasteiger partial charge is 0.472 e. The van der Waals surface area contributed by atoms with E-state index in [4.69, 9.17) is 4.42 Å². The molecule has 0 radical (unpaired) electrons. The third kappa shape index (κ3) is 3.77. The number of carbonyl (C=O) groups excluding carboxylic acids is 1. The van der Waals surface area contributed by atoms with Crippen LogP contribution in [-0.2, 0) is 0 Å². The minimum atomic E-state index is -0.721. The highest BCUT2D eigenvalue weighted by Gasteiger charge is 2.16. The average Bonchev–Trinajstić information content (AvgIpc) is 2.91. The molecule has 18 heavy (non-hydrogen) atoms. The predicted molar refractivity (Wildman–Crippen MR) is 67.1 cm³/mol. The zero-order chi connectivity index (χ0) is 12.8. The monoisotopic (exact) mass is 252 g/mol. The highest BCUT2D eigenvalue weighted by Crippen LogP contribution is 2.17. The molecule has 0 unspecified atom stereocenters. The molecule has 1 saturated carbocycles. The van der Waals surface area contributed by atoms with Crippen LogP contribution < -0.4 is 10.6 Å². The standard InChI is InChI=1S/C13H20N2O3/c16-12(10-6-7-18-9-10)8-14-13(17)15-11-4-2-1-3-5-11/h6-7,9,11-12,16H,1-5,8H2,(H2,14,15,17)/t12-/m1/s1. The summed E-state index contributed by atoms with van der Waals surface area (Å²) >= 11 is 0. The van der Waals surface area contributed by atoms with Gasteiger partial charge < -0.3 is 20.2 Å². The molecule has 1 aliphatic rings. The molecule has 0 aliphatic heterocycles. The quantitative estimate of drug-likeness (QED) is 0.766. The zero-order valence-corrected chi connectivity index (χ0v) is 10.4. The first-order valence-corrected chi connectivity index (χ1v) is 6.50. The van der Waals surface area contributed by atoms with E-state index in [2.05, 4.69) is 10.6 Å². The first-order valence-electron chi connectivity index (χ1n) is 6.50. The lowest BCUT2D eigenvalue weighted by Gasteiger charge is -2.23. The number of hydrogen-bond donors (Lipinski definition) is 3. The Hall–Kier alpha value is -1.49. The number of hydrogen-bond acceptors (Lipinski definition) is 3. The molecule has 2 amide bonds. The van der Waals surface area contributed by atoms with Gasteiger partial charge in [0.05, 0.1) is 18.6 Å². The third-order valence-corrected chi connectivity index (χ3v) is 3.32. The number of carbonyl (C=O) groups is 1. The number of rotatable bonds is 4. The van der Waals surface area contributed by atoms with Gasteiger partial charge in [-0.25, -0.2) is 4.79 Å². The van der Waals surface area contributed by atoms with Crippen molar-refractivity contribution in [2.45, 2.75) is 44.2 Å². The molecule has 1 atom stereocenters. The molecule has 1 heterocycles. The topological polar surface area (TPSA) is 74.5 Å². The molecule has 0 bridgehead atoms. The highest BCUT2D eigenvalue weighted by molar-refractivity contribution is 5.74. The van der Waals surface area contributed by atoms with E-state index < -0.39 is 6.10 Å². The van der Waals surface area contributed by atoms with Crippen molar-refractivity contribution in [2.75, 3.05) is 6.54 Å². The smallest absolute Gasteiger partial charge is 0.315 e. The van der Waals surface area contributed by atoms with Crippen LogP contribution in [0.3, 0.4) is 0 Å². The van der Waals surface area contributed by atoms with Crippen LogP contribution in [0.25, 0.3) is 0 Å². The van der Waals surface area contributed by atoms with Crippen LogP contribution in [0.5, 0.6) is 0 Å². The van der Waals surface area contributed by atoms with Crippen molar-refractivity contribution in [3.63, 3.8) is 0 Å². The Morgan fingerprint density at radius 3 is 2.89 bits per heavy atom. The highest BCUT2D eigenvalue weighted by atomic mass is 16.3. The minimum absolute atomic E-state index is 0.193. The number of aliphatic hydroxyl groups excluding tert-OH is 1. The molecular formula is C13H20N2O3. The Morgan fingerprint density at radius 2 is 2.22 bits per heavy atom. The van der Waals surface area contributed by atoms with Gasteiger partial charge in [-0.1, -0.05) is 19.3 Å². The molecule has 1 fully saturated rings. The summed E-state index contributed by atoms with van der Waals surface area (Å²) in [4.78, 5) is 11.6. The normalized spacial score (nSPS) is 18.3. The van der Waals surface area contributed by atoms with Crippen molar-refractivity contribution in [2.24, 2.45) is 0 Å². The van der Waals surface area contributed by atoms with Crippen LogP contribution in [-0.4, -0.2) is 23.7 Å². The van der Waals surface area contributed by atoms with Gasteiger partial charge in [0.15, 0.2) is 0 Å². The van der Waals surface area contributed by atoms with E-state index in [-0.39, 0.29) is 18.6 Å². The Bertz CT molecular complexity index is 358. The van der Waals surface area contributed by atoms with Gasteiger partial charge in [-0.05, 0) is 18.9 Å². The Kier molecular flexibility index (Phi) is 4.64. The maximum atomic E-state index is 11.6. The summed E-state index contributed by atoms with van der Waals surface area (Å²) in [5.41, 5.74) is 0.674. The van der Waals surface area contributed by atoms with Crippen LogP contribution in [0.1, 0.15) is 43.8 Å². The summed E-state index contributed by atoms with van der Waals surface area (Å²) in [5, 5.41) is 15.4. The third-order valence-electron chi connectivity index (χ3n) is 3.32. The summed E-state index contributed by atoms with van der Waals surface area (Å²) in [6.45, 7) is 0.193. The maximum absolute atomic E-state index is 11.6. The van der Waals surface area contributed by atoms with Gasteiger partial charge >= 0.3 is 6.03 Å². The second-order valence-corrected chi connectivity index (χ2v) is 4.76. The fourth-order valence-corrected chi connectivity index (χ4v) is 2.26. The summed E-state index contributed by atoms with van der Waals surface area (Å²) in [7, 11) is 0. The lowest BCUT2D eigenvalue weighted by Crippen LogP contribution is -2.44. The maximum Gasteiger partial charge on any atom is 0.315 e. The number of amides is 2. The van der Waals surface area contributed by atoms with Crippen molar-refractivity contribution in [1.29, 1.82) is 0 Å². The van der Waals surface area contributed by atoms with E-state index in [1.807, 2.05) is 0 Å². The second-order valence-electron chi connectivity index (χ2n) is 4.76. The molecular weight excluding hydrogens is 232 g/mol. The van der Waals surface area contributed by atoms with Gasteiger partial charge in [0, 0.05) is 18.2 Å². The fraction of sp³-hybridized carbons (Fsp3) is 0.615. The second kappa shape index (κ2) is 6.44. The van der Waals surface area contributed by atoms with E-state index in [1.54, 1.807) is 6.07 Å². The van der Waals surface area contributed by atoms with E-state index in [0.717, 1.165) is 12.8 Å². The van der Waals surface area contributed by atoms with Gasteiger partial charge in [-0.15, -0.1) is 0 Å². The van der Waals surface area contributed by atoms with Gasteiger partial charge in [-0.3, -0.25) is 0 Å². The van der Waals surface area contributed by atoms with Gasteiger partial charge in [0.2, 0.25) is 0 Å². The molecule has 1 aromatic heterocycles. The van der Waals surface area contributed by atoms with Gasteiger partial charge in [-0.2, -0.15) is 0 Å². The molecule has 3 N–H and O–H groups in total. The first kappa shape index (κ1) is 13.0. The van der Waals surface area contributed by atoms with E-state index in [0.29, 0.717) is 5.56 Å². The number of aliphatic hydroxyl groups is 1. The molecule has 0 aromatic carbocycles. The molecule has 1 aromatic rings. The summed E-state index contributed by atoms with van der Waals surface area (Å²) in [6.07, 6.45) is 7.99. The number of urea groups is 1. The predicted octanol–water partition coefficient (Wildman–Crippen LogP) is 1.94.